The third kappa shape index (κ3) is 3.69. The van der Waals surface area contributed by atoms with Gasteiger partial charge in [-0.05, 0) is 40.7 Å². The van der Waals surface area contributed by atoms with Crippen molar-refractivity contribution in [1.29, 1.82) is 0 Å². The largest absolute Gasteiger partial charge is 0.480 e. The Morgan fingerprint density at radius 1 is 1.29 bits per heavy atom. The van der Waals surface area contributed by atoms with E-state index in [2.05, 4.69) is 9.97 Å². The summed E-state index contributed by atoms with van der Waals surface area (Å²) >= 11 is 0. The lowest BCUT2D eigenvalue weighted by atomic mass is 10.1. The number of aliphatic carboxylic acids is 1. The molecule has 94 valence electrons. The van der Waals surface area contributed by atoms with E-state index in [0.29, 0.717) is 5.95 Å². The number of carbonyl (C=O) groups is 1. The number of rotatable bonds is 3. The minimum Gasteiger partial charge on any atom is -0.480 e. The zero-order chi connectivity index (χ0) is 13.2. The van der Waals surface area contributed by atoms with Crippen molar-refractivity contribution >= 4 is 11.9 Å². The monoisotopic (exact) mass is 237 g/mol. The Kier molecular flexibility index (Phi) is 3.70. The van der Waals surface area contributed by atoms with Gasteiger partial charge in [0.25, 0.3) is 0 Å². The fourth-order valence-corrected chi connectivity index (χ4v) is 1.57. The first-order valence-corrected chi connectivity index (χ1v) is 5.52. The third-order valence-electron chi connectivity index (χ3n) is 2.32. The first-order chi connectivity index (χ1) is 7.70. The van der Waals surface area contributed by atoms with Crippen molar-refractivity contribution in [3.8, 4) is 0 Å². The molecular formula is C12H19N3O2. The van der Waals surface area contributed by atoms with Crippen molar-refractivity contribution in [3.63, 3.8) is 0 Å². The van der Waals surface area contributed by atoms with Crippen LogP contribution in [0.1, 0.15) is 32.2 Å². The van der Waals surface area contributed by atoms with Crippen LogP contribution in [-0.4, -0.2) is 33.1 Å². The molecule has 0 saturated carbocycles. The second kappa shape index (κ2) is 4.69. The van der Waals surface area contributed by atoms with Gasteiger partial charge >= 0.3 is 5.97 Å². The van der Waals surface area contributed by atoms with Crippen molar-refractivity contribution in [1.82, 2.24) is 9.97 Å². The van der Waals surface area contributed by atoms with Gasteiger partial charge in [0.15, 0.2) is 0 Å². The Hall–Kier alpha value is -1.65. The zero-order valence-electron chi connectivity index (χ0n) is 11.0. The number of nitrogens with zero attached hydrogens (tertiary/aromatic N) is 3. The first-order valence-electron chi connectivity index (χ1n) is 5.52. The topological polar surface area (TPSA) is 66.3 Å². The SMILES string of the molecule is Cc1cc(C)nc(N(CC(=O)O)C(C)(C)C)n1. The minimum atomic E-state index is -0.886. The molecule has 0 spiro atoms. The molecule has 1 aromatic rings. The lowest BCUT2D eigenvalue weighted by Gasteiger charge is -2.34. The Morgan fingerprint density at radius 3 is 2.12 bits per heavy atom. The van der Waals surface area contributed by atoms with E-state index >= 15 is 0 Å². The van der Waals surface area contributed by atoms with Gasteiger partial charge < -0.3 is 10.0 Å². The van der Waals surface area contributed by atoms with Crippen molar-refractivity contribution in [2.24, 2.45) is 0 Å². The zero-order valence-corrected chi connectivity index (χ0v) is 11.0. The Labute approximate surface area is 102 Å². The smallest absolute Gasteiger partial charge is 0.323 e. The molecule has 0 saturated heterocycles. The Balaban J connectivity index is 3.17. The minimum absolute atomic E-state index is 0.105. The number of aromatic nitrogens is 2. The summed E-state index contributed by atoms with van der Waals surface area (Å²) in [5.74, 6) is -0.417. The van der Waals surface area contributed by atoms with Gasteiger partial charge in [0.1, 0.15) is 6.54 Å². The maximum absolute atomic E-state index is 10.9. The quantitative estimate of drug-likeness (QED) is 0.868. The summed E-state index contributed by atoms with van der Waals surface area (Å²) in [5.41, 5.74) is 1.35. The van der Waals surface area contributed by atoms with Gasteiger partial charge in [-0.25, -0.2) is 9.97 Å². The number of anilines is 1. The highest BCUT2D eigenvalue weighted by atomic mass is 16.4. The molecule has 1 rings (SSSR count). The molecule has 0 atom stereocenters. The highest BCUT2D eigenvalue weighted by Crippen LogP contribution is 2.20. The van der Waals surface area contributed by atoms with Crippen molar-refractivity contribution in [2.45, 2.75) is 40.2 Å². The van der Waals surface area contributed by atoms with E-state index in [9.17, 15) is 4.79 Å². The molecule has 0 bridgehead atoms. The van der Waals surface area contributed by atoms with Gasteiger partial charge in [-0.1, -0.05) is 0 Å². The van der Waals surface area contributed by atoms with Crippen molar-refractivity contribution in [3.05, 3.63) is 17.5 Å². The van der Waals surface area contributed by atoms with Gasteiger partial charge in [0.2, 0.25) is 5.95 Å². The van der Waals surface area contributed by atoms with E-state index in [-0.39, 0.29) is 12.1 Å². The average Bonchev–Trinajstić information content (AvgIpc) is 2.10. The molecule has 17 heavy (non-hydrogen) atoms. The molecule has 0 aliphatic heterocycles. The van der Waals surface area contributed by atoms with Crippen LogP contribution >= 0.6 is 0 Å². The van der Waals surface area contributed by atoms with Crippen LogP contribution in [0.4, 0.5) is 5.95 Å². The van der Waals surface area contributed by atoms with Gasteiger partial charge in [-0.2, -0.15) is 0 Å². The van der Waals surface area contributed by atoms with E-state index in [0.717, 1.165) is 11.4 Å². The van der Waals surface area contributed by atoms with Crippen LogP contribution in [0.15, 0.2) is 6.07 Å². The van der Waals surface area contributed by atoms with E-state index in [1.807, 2.05) is 40.7 Å². The molecule has 1 N–H and O–H groups in total. The lowest BCUT2D eigenvalue weighted by molar-refractivity contribution is -0.135. The van der Waals surface area contributed by atoms with Crippen LogP contribution in [-0.2, 0) is 4.79 Å². The van der Waals surface area contributed by atoms with E-state index < -0.39 is 5.97 Å². The number of carboxylic acid groups (broad SMARTS) is 1. The average molecular weight is 237 g/mol. The van der Waals surface area contributed by atoms with E-state index in [1.165, 1.54) is 0 Å². The third-order valence-corrected chi connectivity index (χ3v) is 2.32. The van der Waals surface area contributed by atoms with Gasteiger partial charge in [-0.15, -0.1) is 0 Å². The van der Waals surface area contributed by atoms with E-state index in [1.54, 1.807) is 4.90 Å². The number of aryl methyl sites for hydroxylation is 2. The van der Waals surface area contributed by atoms with Crippen LogP contribution in [0, 0.1) is 13.8 Å². The van der Waals surface area contributed by atoms with Crippen molar-refractivity contribution < 1.29 is 9.90 Å². The first kappa shape index (κ1) is 13.4. The molecule has 0 aliphatic rings. The summed E-state index contributed by atoms with van der Waals surface area (Å²) in [6.45, 7) is 9.47. The highest BCUT2D eigenvalue weighted by Gasteiger charge is 2.26. The predicted molar refractivity (Wildman–Crippen MR) is 66.2 cm³/mol. The molecule has 1 heterocycles. The summed E-state index contributed by atoms with van der Waals surface area (Å²) in [6.07, 6.45) is 0. The maximum atomic E-state index is 10.9. The highest BCUT2D eigenvalue weighted by molar-refractivity contribution is 5.73. The maximum Gasteiger partial charge on any atom is 0.323 e. The van der Waals surface area contributed by atoms with Crippen LogP contribution < -0.4 is 4.90 Å². The summed E-state index contributed by atoms with van der Waals surface area (Å²) in [5, 5.41) is 8.95. The molecule has 0 radical (unpaired) electrons. The van der Waals surface area contributed by atoms with Crippen molar-refractivity contribution in [2.75, 3.05) is 11.4 Å². The normalized spacial score (nSPS) is 11.4. The second-order valence-electron chi connectivity index (χ2n) is 5.10. The summed E-state index contributed by atoms with van der Waals surface area (Å²) in [4.78, 5) is 21.2. The fraction of sp³-hybridized carbons (Fsp3) is 0.583. The summed E-state index contributed by atoms with van der Waals surface area (Å²) in [7, 11) is 0. The molecule has 0 aromatic carbocycles. The summed E-state index contributed by atoms with van der Waals surface area (Å²) in [6, 6.07) is 1.87. The standard InChI is InChI=1S/C12H19N3O2/c1-8-6-9(2)14-11(13-8)15(7-10(16)17)12(3,4)5/h6H,7H2,1-5H3,(H,16,17). The predicted octanol–water partition coefficient (Wildman–Crippen LogP) is 1.78. The summed E-state index contributed by atoms with van der Waals surface area (Å²) < 4.78 is 0. The second-order valence-corrected chi connectivity index (χ2v) is 5.10. The lowest BCUT2D eigenvalue weighted by Crippen LogP contribution is -2.45. The molecule has 5 nitrogen and oxygen atoms in total. The molecule has 0 fully saturated rings. The van der Waals surface area contributed by atoms with Gasteiger partial charge in [0, 0.05) is 16.9 Å². The number of carboxylic acids is 1. The molecule has 0 unspecified atom stereocenters. The Bertz CT molecular complexity index is 404. The Morgan fingerprint density at radius 2 is 1.76 bits per heavy atom. The molecule has 1 aromatic heterocycles. The van der Waals surface area contributed by atoms with Gasteiger partial charge in [0.05, 0.1) is 0 Å². The van der Waals surface area contributed by atoms with Crippen LogP contribution in [0.5, 0.6) is 0 Å². The van der Waals surface area contributed by atoms with Crippen LogP contribution in [0.3, 0.4) is 0 Å². The van der Waals surface area contributed by atoms with Crippen LogP contribution in [0.25, 0.3) is 0 Å². The molecule has 0 amide bonds. The number of hydrogen-bond donors (Lipinski definition) is 1. The van der Waals surface area contributed by atoms with Crippen LogP contribution in [0.2, 0.25) is 0 Å². The fourth-order valence-electron chi connectivity index (χ4n) is 1.57. The molecular weight excluding hydrogens is 218 g/mol. The van der Waals surface area contributed by atoms with E-state index in [4.69, 9.17) is 5.11 Å². The molecule has 5 heteroatoms. The van der Waals surface area contributed by atoms with Gasteiger partial charge in [-0.3, -0.25) is 4.79 Å². The number of hydrogen-bond acceptors (Lipinski definition) is 4. The molecule has 0 aliphatic carbocycles.